The maximum absolute atomic E-state index is 11.9. The molecule has 0 radical (unpaired) electrons. The smallest absolute Gasteiger partial charge is 0.330 e. The number of imidazole rings is 1. The van der Waals surface area contributed by atoms with Gasteiger partial charge < -0.3 is 4.98 Å². The van der Waals surface area contributed by atoms with Gasteiger partial charge in [-0.3, -0.25) is 19.0 Å². The second-order valence-electron chi connectivity index (χ2n) is 4.74. The van der Waals surface area contributed by atoms with Crippen LogP contribution in [0, 0.1) is 6.92 Å². The molecule has 0 atom stereocenters. The Hall–Kier alpha value is -2.90. The maximum Gasteiger partial charge on any atom is 0.330 e. The highest BCUT2D eigenvalue weighted by Crippen LogP contribution is 2.18. The van der Waals surface area contributed by atoms with Gasteiger partial charge in [-0.25, -0.2) is 9.78 Å². The molecule has 0 aliphatic rings. The van der Waals surface area contributed by atoms with Gasteiger partial charge in [0.1, 0.15) is 11.2 Å². The molecule has 2 N–H and O–H groups in total. The lowest BCUT2D eigenvalue weighted by Gasteiger charge is -2.00. The zero-order valence-corrected chi connectivity index (χ0v) is 11.7. The second-order valence-corrected chi connectivity index (χ2v) is 4.74. The van der Waals surface area contributed by atoms with E-state index in [2.05, 4.69) is 26.6 Å². The van der Waals surface area contributed by atoms with Crippen LogP contribution in [0.5, 0.6) is 0 Å². The van der Waals surface area contributed by atoms with E-state index < -0.39 is 11.2 Å². The van der Waals surface area contributed by atoms with Crippen molar-refractivity contribution < 1.29 is 0 Å². The lowest BCUT2D eigenvalue weighted by Crippen LogP contribution is -2.30. The monoisotopic (exact) mass is 286 g/mol. The van der Waals surface area contributed by atoms with Crippen LogP contribution in [0.25, 0.3) is 22.7 Å². The van der Waals surface area contributed by atoms with Crippen LogP contribution in [0.3, 0.4) is 0 Å². The molecule has 0 saturated heterocycles. The average molecular weight is 286 g/mol. The van der Waals surface area contributed by atoms with Gasteiger partial charge in [-0.1, -0.05) is 6.08 Å². The van der Waals surface area contributed by atoms with E-state index in [1.807, 2.05) is 13.0 Å². The highest BCUT2D eigenvalue weighted by Gasteiger charge is 2.15. The molecule has 0 bridgehead atoms. The maximum atomic E-state index is 11.9. The van der Waals surface area contributed by atoms with Crippen molar-refractivity contribution in [2.24, 2.45) is 7.05 Å². The summed E-state index contributed by atoms with van der Waals surface area (Å²) in [5.74, 6) is 0.488. The molecule has 21 heavy (non-hydrogen) atoms. The molecule has 0 saturated carbocycles. The van der Waals surface area contributed by atoms with E-state index >= 15 is 0 Å². The van der Waals surface area contributed by atoms with Gasteiger partial charge in [0.2, 0.25) is 0 Å². The first-order valence-electron chi connectivity index (χ1n) is 6.36. The summed E-state index contributed by atoms with van der Waals surface area (Å²) in [7, 11) is 1.79. The predicted octanol–water partition coefficient (Wildman–Crippen LogP) is 0.308. The van der Waals surface area contributed by atoms with Gasteiger partial charge in [0.25, 0.3) is 5.56 Å². The summed E-state index contributed by atoms with van der Waals surface area (Å²) in [6.45, 7) is 5.74. The number of rotatable bonds is 3. The first-order valence-corrected chi connectivity index (χ1v) is 6.36. The molecular formula is C13H14N6O2. The number of allylic oxidation sites excluding steroid dienone is 1. The molecule has 0 aliphatic carbocycles. The van der Waals surface area contributed by atoms with Crippen molar-refractivity contribution in [2.75, 3.05) is 0 Å². The Morgan fingerprint density at radius 3 is 2.76 bits per heavy atom. The summed E-state index contributed by atoms with van der Waals surface area (Å²) in [4.78, 5) is 33.3. The van der Waals surface area contributed by atoms with Crippen molar-refractivity contribution in [3.05, 3.63) is 45.3 Å². The lowest BCUT2D eigenvalue weighted by atomic mass is 10.3. The molecule has 3 heterocycles. The van der Waals surface area contributed by atoms with Crippen LogP contribution in [0.15, 0.2) is 28.3 Å². The van der Waals surface area contributed by atoms with E-state index in [1.54, 1.807) is 17.8 Å². The Morgan fingerprint density at radius 1 is 1.38 bits per heavy atom. The number of hydrogen-bond acceptors (Lipinski definition) is 4. The molecule has 0 aliphatic heterocycles. The van der Waals surface area contributed by atoms with Gasteiger partial charge in [-0.15, -0.1) is 6.58 Å². The van der Waals surface area contributed by atoms with Gasteiger partial charge >= 0.3 is 5.69 Å². The van der Waals surface area contributed by atoms with Crippen molar-refractivity contribution in [3.63, 3.8) is 0 Å². The van der Waals surface area contributed by atoms with E-state index in [0.29, 0.717) is 11.5 Å². The summed E-state index contributed by atoms with van der Waals surface area (Å²) < 4.78 is 3.02. The van der Waals surface area contributed by atoms with E-state index in [0.717, 1.165) is 11.4 Å². The minimum absolute atomic E-state index is 0.255. The van der Waals surface area contributed by atoms with Gasteiger partial charge in [-0.05, 0) is 13.0 Å². The van der Waals surface area contributed by atoms with E-state index in [-0.39, 0.29) is 12.1 Å². The minimum Gasteiger partial charge on any atom is -0.331 e. The molecule has 0 spiro atoms. The number of aryl methyl sites for hydroxylation is 2. The third kappa shape index (κ3) is 2.00. The molecule has 108 valence electrons. The summed E-state index contributed by atoms with van der Waals surface area (Å²) in [6, 6.07) is 1.85. The lowest BCUT2D eigenvalue weighted by molar-refractivity contribution is 0.757. The molecule has 0 fully saturated rings. The Labute approximate surface area is 118 Å². The van der Waals surface area contributed by atoms with Gasteiger partial charge in [-0.2, -0.15) is 5.10 Å². The standard InChI is InChI=1S/C13H14N6O2/c1-4-5-19-11-9(12(20)16-13(19)21)14-10(15-11)8-6-7(2)17-18(8)3/h4,6H,1,5H2,2-3H3,(H,14,15)(H,16,20,21). The molecular weight excluding hydrogens is 272 g/mol. The fourth-order valence-corrected chi connectivity index (χ4v) is 2.29. The van der Waals surface area contributed by atoms with Crippen molar-refractivity contribution in [2.45, 2.75) is 13.5 Å². The van der Waals surface area contributed by atoms with Crippen molar-refractivity contribution >= 4 is 11.2 Å². The van der Waals surface area contributed by atoms with Crippen LogP contribution in [-0.4, -0.2) is 29.3 Å². The number of hydrogen-bond donors (Lipinski definition) is 2. The first kappa shape index (κ1) is 13.1. The zero-order chi connectivity index (χ0) is 15.1. The fraction of sp³-hybridized carbons (Fsp3) is 0.231. The van der Waals surface area contributed by atoms with Crippen LogP contribution in [-0.2, 0) is 13.6 Å². The fourth-order valence-electron chi connectivity index (χ4n) is 2.29. The molecule has 0 amide bonds. The summed E-state index contributed by atoms with van der Waals surface area (Å²) in [5, 5.41) is 4.24. The highest BCUT2D eigenvalue weighted by molar-refractivity contribution is 5.74. The summed E-state index contributed by atoms with van der Waals surface area (Å²) >= 11 is 0. The van der Waals surface area contributed by atoms with Crippen LogP contribution in [0.4, 0.5) is 0 Å². The van der Waals surface area contributed by atoms with E-state index in [4.69, 9.17) is 0 Å². The van der Waals surface area contributed by atoms with E-state index in [9.17, 15) is 9.59 Å². The third-order valence-electron chi connectivity index (χ3n) is 3.19. The first-order chi connectivity index (χ1) is 10.0. The SMILES string of the molecule is C=CCn1c(=O)[nH]c(=O)c2[nH]c(-c3cc(C)nn3C)nc21. The highest BCUT2D eigenvalue weighted by atomic mass is 16.2. The number of aromatic nitrogens is 6. The van der Waals surface area contributed by atoms with Gasteiger partial charge in [0, 0.05) is 13.6 Å². The van der Waals surface area contributed by atoms with Crippen LogP contribution in [0.2, 0.25) is 0 Å². The van der Waals surface area contributed by atoms with Crippen LogP contribution >= 0.6 is 0 Å². The molecule has 3 rings (SSSR count). The van der Waals surface area contributed by atoms with Crippen LogP contribution < -0.4 is 11.2 Å². The minimum atomic E-state index is -0.508. The van der Waals surface area contributed by atoms with Crippen molar-refractivity contribution in [1.82, 2.24) is 29.3 Å². The molecule has 0 unspecified atom stereocenters. The van der Waals surface area contributed by atoms with Gasteiger partial charge in [0.05, 0.1) is 5.69 Å². The number of fused-ring (bicyclic) bond motifs is 1. The number of aromatic amines is 2. The molecule has 8 nitrogen and oxygen atoms in total. The molecule has 8 heteroatoms. The van der Waals surface area contributed by atoms with Crippen LogP contribution in [0.1, 0.15) is 5.69 Å². The number of nitrogens with zero attached hydrogens (tertiary/aromatic N) is 4. The van der Waals surface area contributed by atoms with Gasteiger partial charge in [0.15, 0.2) is 11.5 Å². The molecule has 3 aromatic heterocycles. The molecule has 0 aromatic carbocycles. The predicted molar refractivity (Wildman–Crippen MR) is 78.1 cm³/mol. The topological polar surface area (TPSA) is 101 Å². The third-order valence-corrected chi connectivity index (χ3v) is 3.19. The van der Waals surface area contributed by atoms with E-state index in [1.165, 1.54) is 4.57 Å². The average Bonchev–Trinajstić information content (AvgIpc) is 2.98. The molecule has 3 aromatic rings. The number of nitrogens with one attached hydrogen (secondary N) is 2. The zero-order valence-electron chi connectivity index (χ0n) is 11.7. The number of H-pyrrole nitrogens is 2. The van der Waals surface area contributed by atoms with Crippen molar-refractivity contribution in [3.8, 4) is 11.5 Å². The Balaban J connectivity index is 2.34. The summed E-state index contributed by atoms with van der Waals surface area (Å²) in [6.07, 6.45) is 1.57. The normalized spacial score (nSPS) is 11.1. The second kappa shape index (κ2) is 4.58. The summed E-state index contributed by atoms with van der Waals surface area (Å²) in [5.41, 5.74) is 1.13. The largest absolute Gasteiger partial charge is 0.331 e. The Morgan fingerprint density at radius 2 is 2.14 bits per heavy atom. The Bertz CT molecular complexity index is 955. The van der Waals surface area contributed by atoms with Crippen molar-refractivity contribution in [1.29, 1.82) is 0 Å². The Kier molecular flexibility index (Phi) is 2.86. The quantitative estimate of drug-likeness (QED) is 0.676.